The molecule has 3 N–H and O–H groups in total. The smallest absolute Gasteiger partial charge is 0.260 e. The van der Waals surface area contributed by atoms with Crippen molar-refractivity contribution in [2.45, 2.75) is 13.0 Å². The minimum Gasteiger partial charge on any atom is -0.497 e. The van der Waals surface area contributed by atoms with Crippen molar-refractivity contribution >= 4 is 23.4 Å². The maximum Gasteiger partial charge on any atom is 0.260 e. The third-order valence-electron chi connectivity index (χ3n) is 4.75. The average Bonchev–Trinajstić information content (AvgIpc) is 3.20. The molecule has 7 heteroatoms. The number of hydrogen-bond donors (Lipinski definition) is 2. The molecule has 142 valence electrons. The summed E-state index contributed by atoms with van der Waals surface area (Å²) < 4.78 is 5.31. The van der Waals surface area contributed by atoms with Crippen molar-refractivity contribution in [1.29, 1.82) is 0 Å². The number of ether oxygens (including phenoxy) is 1. The molecule has 1 aromatic heterocycles. The van der Waals surface area contributed by atoms with Gasteiger partial charge in [-0.15, -0.1) is 0 Å². The maximum absolute atomic E-state index is 13.5. The molecule has 3 aromatic rings. The van der Waals surface area contributed by atoms with E-state index in [-0.39, 0.29) is 11.9 Å². The number of nitrogens with one attached hydrogen (secondary N) is 1. The molecule has 1 aliphatic heterocycles. The molecule has 0 bridgehead atoms. The van der Waals surface area contributed by atoms with Crippen molar-refractivity contribution in [1.82, 2.24) is 9.97 Å². The van der Waals surface area contributed by atoms with E-state index in [1.807, 2.05) is 42.5 Å². The molecular formula is C21H21N5O2. The van der Waals surface area contributed by atoms with E-state index in [0.717, 1.165) is 35.5 Å². The van der Waals surface area contributed by atoms with Gasteiger partial charge in [0.1, 0.15) is 11.6 Å². The summed E-state index contributed by atoms with van der Waals surface area (Å²) in [6.45, 7) is 1.17. The van der Waals surface area contributed by atoms with Crippen LogP contribution in [0.1, 0.15) is 21.5 Å². The predicted molar refractivity (Wildman–Crippen MR) is 109 cm³/mol. The van der Waals surface area contributed by atoms with Gasteiger partial charge in [0.2, 0.25) is 5.95 Å². The first-order valence-electron chi connectivity index (χ1n) is 9.05. The summed E-state index contributed by atoms with van der Waals surface area (Å²) in [5.41, 5.74) is 9.41. The number of amides is 1. The van der Waals surface area contributed by atoms with Crippen molar-refractivity contribution in [3.05, 3.63) is 71.4 Å². The number of nitrogens with two attached hydrogens (primary N) is 1. The third-order valence-corrected chi connectivity index (χ3v) is 4.75. The third kappa shape index (κ3) is 3.46. The van der Waals surface area contributed by atoms with E-state index >= 15 is 0 Å². The lowest BCUT2D eigenvalue weighted by atomic mass is 10.0. The Morgan fingerprint density at radius 1 is 1.25 bits per heavy atom. The first-order valence-corrected chi connectivity index (χ1v) is 9.05. The fraction of sp³-hybridized carbons (Fsp3) is 0.190. The first-order chi connectivity index (χ1) is 13.7. The van der Waals surface area contributed by atoms with Crippen molar-refractivity contribution in [2.75, 3.05) is 29.6 Å². The molecule has 28 heavy (non-hydrogen) atoms. The monoisotopic (exact) mass is 375 g/mol. The van der Waals surface area contributed by atoms with Gasteiger partial charge in [-0.1, -0.05) is 18.2 Å². The highest BCUT2D eigenvalue weighted by atomic mass is 16.5. The summed E-state index contributed by atoms with van der Waals surface area (Å²) in [6, 6.07) is 15.1. The maximum atomic E-state index is 13.5. The second-order valence-corrected chi connectivity index (χ2v) is 6.52. The number of hydrogen-bond acceptors (Lipinski definition) is 6. The number of benzene rings is 2. The van der Waals surface area contributed by atoms with Gasteiger partial charge in [-0.25, -0.2) is 4.98 Å². The lowest BCUT2D eigenvalue weighted by molar-refractivity contribution is 0.0983. The SMILES string of the molecule is COc1cccc(CN(C(=O)c2cccc3c2CCN3)c2ccnc(N)n2)c1. The largest absolute Gasteiger partial charge is 0.497 e. The molecule has 0 aliphatic carbocycles. The van der Waals surface area contributed by atoms with Gasteiger partial charge in [0, 0.05) is 24.0 Å². The molecule has 0 atom stereocenters. The van der Waals surface area contributed by atoms with E-state index in [1.165, 1.54) is 0 Å². The van der Waals surface area contributed by atoms with Gasteiger partial charge in [0.15, 0.2) is 0 Å². The number of aromatic nitrogens is 2. The Balaban J connectivity index is 1.75. The van der Waals surface area contributed by atoms with Crippen LogP contribution in [-0.2, 0) is 13.0 Å². The van der Waals surface area contributed by atoms with Crippen LogP contribution in [0.15, 0.2) is 54.7 Å². The Bertz CT molecular complexity index is 1020. The molecule has 2 heterocycles. The molecule has 1 amide bonds. The van der Waals surface area contributed by atoms with Crippen LogP contribution >= 0.6 is 0 Å². The molecule has 0 fully saturated rings. The summed E-state index contributed by atoms with van der Waals surface area (Å²) in [6.07, 6.45) is 2.37. The lowest BCUT2D eigenvalue weighted by Crippen LogP contribution is -2.32. The minimum absolute atomic E-state index is 0.124. The Hall–Kier alpha value is -3.61. The van der Waals surface area contributed by atoms with Crippen LogP contribution in [0.2, 0.25) is 0 Å². The van der Waals surface area contributed by atoms with Crippen LogP contribution in [0.25, 0.3) is 0 Å². The quantitative estimate of drug-likeness (QED) is 0.712. The van der Waals surface area contributed by atoms with E-state index in [0.29, 0.717) is 17.9 Å². The fourth-order valence-electron chi connectivity index (χ4n) is 3.41. The zero-order valence-corrected chi connectivity index (χ0v) is 15.6. The summed E-state index contributed by atoms with van der Waals surface area (Å²) in [7, 11) is 1.62. The normalized spacial score (nSPS) is 12.2. The van der Waals surface area contributed by atoms with Gasteiger partial charge < -0.3 is 15.8 Å². The highest BCUT2D eigenvalue weighted by Crippen LogP contribution is 2.28. The number of nitrogen functional groups attached to an aromatic ring is 1. The van der Waals surface area contributed by atoms with Crippen molar-refractivity contribution < 1.29 is 9.53 Å². The standard InChI is InChI=1S/C21H21N5O2/c1-28-15-5-2-4-14(12-15)13-26(19-9-11-24-21(22)25-19)20(27)17-6-3-7-18-16(17)8-10-23-18/h2-7,9,11-12,23H,8,10,13H2,1H3,(H2,22,24,25). The van der Waals surface area contributed by atoms with Gasteiger partial charge >= 0.3 is 0 Å². The summed E-state index contributed by atoms with van der Waals surface area (Å²) in [4.78, 5) is 23.4. The van der Waals surface area contributed by atoms with E-state index in [2.05, 4.69) is 15.3 Å². The zero-order valence-electron chi connectivity index (χ0n) is 15.6. The zero-order chi connectivity index (χ0) is 19.5. The van der Waals surface area contributed by atoms with E-state index in [9.17, 15) is 4.79 Å². The van der Waals surface area contributed by atoms with E-state index in [4.69, 9.17) is 10.5 Å². The summed E-state index contributed by atoms with van der Waals surface area (Å²) >= 11 is 0. The molecule has 0 saturated carbocycles. The van der Waals surface area contributed by atoms with E-state index < -0.39 is 0 Å². The topological polar surface area (TPSA) is 93.4 Å². The molecule has 2 aromatic carbocycles. The minimum atomic E-state index is -0.124. The number of carbonyl (C=O) groups is 1. The molecular weight excluding hydrogens is 354 g/mol. The molecule has 4 rings (SSSR count). The second kappa shape index (κ2) is 7.56. The number of methoxy groups -OCH3 is 1. The number of carbonyl (C=O) groups excluding carboxylic acids is 1. The van der Waals surface area contributed by atoms with Gasteiger partial charge in [-0.2, -0.15) is 4.98 Å². The van der Waals surface area contributed by atoms with Crippen LogP contribution < -0.4 is 20.7 Å². The Kier molecular flexibility index (Phi) is 4.80. The Morgan fingerprint density at radius 3 is 2.93 bits per heavy atom. The number of nitrogens with zero attached hydrogens (tertiary/aromatic N) is 3. The highest BCUT2D eigenvalue weighted by molar-refractivity contribution is 6.07. The summed E-state index contributed by atoms with van der Waals surface area (Å²) in [5, 5.41) is 3.32. The first kappa shape index (κ1) is 17.8. The Morgan fingerprint density at radius 2 is 2.11 bits per heavy atom. The number of fused-ring (bicyclic) bond motifs is 1. The molecule has 0 spiro atoms. The molecule has 0 radical (unpaired) electrons. The van der Waals surface area contributed by atoms with Crippen molar-refractivity contribution in [2.24, 2.45) is 0 Å². The van der Waals surface area contributed by atoms with E-state index in [1.54, 1.807) is 24.3 Å². The van der Waals surface area contributed by atoms with Gasteiger partial charge in [0.25, 0.3) is 5.91 Å². The molecule has 7 nitrogen and oxygen atoms in total. The van der Waals surface area contributed by atoms with Crippen molar-refractivity contribution in [3.8, 4) is 5.75 Å². The van der Waals surface area contributed by atoms with Crippen LogP contribution in [0.5, 0.6) is 5.75 Å². The highest BCUT2D eigenvalue weighted by Gasteiger charge is 2.25. The molecule has 1 aliphatic rings. The van der Waals surface area contributed by atoms with Crippen LogP contribution in [-0.4, -0.2) is 29.5 Å². The second-order valence-electron chi connectivity index (χ2n) is 6.52. The fourth-order valence-corrected chi connectivity index (χ4v) is 3.41. The molecule has 0 saturated heterocycles. The number of rotatable bonds is 5. The molecule has 0 unspecified atom stereocenters. The summed E-state index contributed by atoms with van der Waals surface area (Å²) in [5.74, 6) is 1.20. The van der Waals surface area contributed by atoms with Crippen LogP contribution in [0.4, 0.5) is 17.5 Å². The van der Waals surface area contributed by atoms with Crippen LogP contribution in [0.3, 0.4) is 0 Å². The van der Waals surface area contributed by atoms with Gasteiger partial charge in [-0.3, -0.25) is 9.69 Å². The number of anilines is 3. The van der Waals surface area contributed by atoms with Crippen LogP contribution in [0, 0.1) is 0 Å². The Labute approximate surface area is 163 Å². The average molecular weight is 375 g/mol. The predicted octanol–water partition coefficient (Wildman–Crippen LogP) is 2.88. The van der Waals surface area contributed by atoms with Gasteiger partial charge in [-0.05, 0) is 47.9 Å². The van der Waals surface area contributed by atoms with Crippen molar-refractivity contribution in [3.63, 3.8) is 0 Å². The lowest BCUT2D eigenvalue weighted by Gasteiger charge is -2.23. The van der Waals surface area contributed by atoms with Gasteiger partial charge in [0.05, 0.1) is 13.7 Å².